The summed E-state index contributed by atoms with van der Waals surface area (Å²) >= 11 is 6.07. The molecule has 3 aliphatic rings. The monoisotopic (exact) mass is 461 g/mol. The Labute approximate surface area is 194 Å². The summed E-state index contributed by atoms with van der Waals surface area (Å²) in [4.78, 5) is 46.8. The largest absolute Gasteiger partial charge is 0.355 e. The molecule has 0 radical (unpaired) electrons. The zero-order valence-electron chi connectivity index (χ0n) is 18.8. The fourth-order valence-corrected chi connectivity index (χ4v) is 5.18. The van der Waals surface area contributed by atoms with E-state index in [4.69, 9.17) is 16.4 Å². The van der Waals surface area contributed by atoms with Crippen LogP contribution in [0.2, 0.25) is 5.02 Å². The minimum Gasteiger partial charge on any atom is -0.355 e. The van der Waals surface area contributed by atoms with E-state index in [2.05, 4.69) is 19.2 Å². The first-order valence-electron chi connectivity index (χ1n) is 11.7. The quantitative estimate of drug-likeness (QED) is 0.629. The highest BCUT2D eigenvalue weighted by atomic mass is 35.5. The van der Waals surface area contributed by atoms with Gasteiger partial charge in [-0.1, -0.05) is 56.8 Å². The molecule has 0 bridgehead atoms. The van der Waals surface area contributed by atoms with Gasteiger partial charge in [0, 0.05) is 17.6 Å². The van der Waals surface area contributed by atoms with Crippen molar-refractivity contribution < 1.29 is 19.2 Å². The van der Waals surface area contributed by atoms with E-state index in [-0.39, 0.29) is 30.3 Å². The highest BCUT2D eigenvalue weighted by molar-refractivity contribution is 6.30. The molecular formula is C24H32ClN3O4. The van der Waals surface area contributed by atoms with E-state index in [9.17, 15) is 14.4 Å². The van der Waals surface area contributed by atoms with Crippen LogP contribution in [0.15, 0.2) is 24.3 Å². The second kappa shape index (κ2) is 9.89. The van der Waals surface area contributed by atoms with Gasteiger partial charge in [-0.25, -0.2) is 0 Å². The summed E-state index contributed by atoms with van der Waals surface area (Å²) in [5.74, 6) is -0.814. The van der Waals surface area contributed by atoms with Crippen LogP contribution >= 0.6 is 11.6 Å². The van der Waals surface area contributed by atoms with Crippen LogP contribution < -0.4 is 5.32 Å². The molecule has 2 aliphatic heterocycles. The van der Waals surface area contributed by atoms with Crippen molar-refractivity contribution in [2.75, 3.05) is 13.1 Å². The maximum atomic E-state index is 13.5. The van der Waals surface area contributed by atoms with Crippen LogP contribution in [0.5, 0.6) is 0 Å². The molecule has 2 saturated heterocycles. The summed E-state index contributed by atoms with van der Waals surface area (Å²) in [7, 11) is 0. The highest BCUT2D eigenvalue weighted by Gasteiger charge is 2.60. The summed E-state index contributed by atoms with van der Waals surface area (Å²) in [6.45, 7) is 4.74. The zero-order chi connectivity index (χ0) is 22.8. The number of fused-ring (bicyclic) bond motifs is 1. The number of hydrogen-bond acceptors (Lipinski definition) is 5. The molecule has 32 heavy (non-hydrogen) atoms. The Bertz CT molecular complexity index is 853. The molecule has 3 fully saturated rings. The van der Waals surface area contributed by atoms with Crippen LogP contribution in [-0.2, 0) is 19.2 Å². The fraction of sp³-hybridized carbons (Fsp3) is 0.625. The Balaban J connectivity index is 1.55. The topological polar surface area (TPSA) is 79.0 Å². The Morgan fingerprint density at radius 3 is 2.47 bits per heavy atom. The average Bonchev–Trinajstić information content (AvgIpc) is 3.24. The van der Waals surface area contributed by atoms with Gasteiger partial charge in [-0.05, 0) is 42.9 Å². The van der Waals surface area contributed by atoms with Crippen molar-refractivity contribution in [1.29, 1.82) is 0 Å². The van der Waals surface area contributed by atoms with E-state index < -0.39 is 18.1 Å². The molecule has 7 nitrogen and oxygen atoms in total. The van der Waals surface area contributed by atoms with E-state index in [0.29, 0.717) is 17.5 Å². The molecule has 0 aromatic heterocycles. The highest BCUT2D eigenvalue weighted by Crippen LogP contribution is 2.46. The lowest BCUT2D eigenvalue weighted by atomic mass is 9.90. The first-order valence-corrected chi connectivity index (χ1v) is 12.1. The van der Waals surface area contributed by atoms with Gasteiger partial charge in [0.15, 0.2) is 6.10 Å². The molecule has 8 heteroatoms. The lowest BCUT2D eigenvalue weighted by molar-refractivity contribution is -0.183. The predicted molar refractivity (Wildman–Crippen MR) is 120 cm³/mol. The normalized spacial score (nSPS) is 26.8. The van der Waals surface area contributed by atoms with E-state index in [0.717, 1.165) is 44.1 Å². The third-order valence-electron chi connectivity index (χ3n) is 6.72. The van der Waals surface area contributed by atoms with Crippen molar-refractivity contribution in [1.82, 2.24) is 15.3 Å². The summed E-state index contributed by atoms with van der Waals surface area (Å²) in [6, 6.07) is 6.62. The average molecular weight is 462 g/mol. The van der Waals surface area contributed by atoms with Crippen molar-refractivity contribution in [2.24, 2.45) is 11.8 Å². The summed E-state index contributed by atoms with van der Waals surface area (Å²) < 4.78 is 0. The van der Waals surface area contributed by atoms with Gasteiger partial charge in [0.1, 0.15) is 6.54 Å². The molecule has 2 heterocycles. The first-order chi connectivity index (χ1) is 15.4. The number of imide groups is 1. The molecule has 174 valence electrons. The number of hydrogen-bond donors (Lipinski definition) is 1. The Morgan fingerprint density at radius 2 is 1.81 bits per heavy atom. The number of halogens is 1. The van der Waals surface area contributed by atoms with Gasteiger partial charge < -0.3 is 5.32 Å². The second-order valence-corrected chi connectivity index (χ2v) is 9.93. The number of benzene rings is 1. The third-order valence-corrected chi connectivity index (χ3v) is 6.98. The van der Waals surface area contributed by atoms with Crippen LogP contribution in [0.1, 0.15) is 64.0 Å². The van der Waals surface area contributed by atoms with Crippen LogP contribution in [0, 0.1) is 11.8 Å². The Hall–Kier alpha value is -1.96. The molecular weight excluding hydrogens is 430 g/mol. The van der Waals surface area contributed by atoms with Crippen molar-refractivity contribution in [3.63, 3.8) is 0 Å². The number of hydroxylamine groups is 2. The van der Waals surface area contributed by atoms with Crippen LogP contribution in [-0.4, -0.2) is 52.9 Å². The minimum absolute atomic E-state index is 0.0393. The SMILES string of the molecule is CC(C)CCNC(=O)CN1OC2C(=O)N(C3CCCCC3)C(=O)C2C1c1ccc(Cl)cc1. The number of carbonyl (C=O) groups excluding carboxylic acids is 3. The van der Waals surface area contributed by atoms with E-state index in [1.54, 1.807) is 12.1 Å². The molecule has 3 atom stereocenters. The molecule has 3 amide bonds. The van der Waals surface area contributed by atoms with Crippen molar-refractivity contribution in [3.05, 3.63) is 34.9 Å². The number of nitrogens with one attached hydrogen (secondary N) is 1. The van der Waals surface area contributed by atoms with Gasteiger partial charge in [0.2, 0.25) is 11.8 Å². The van der Waals surface area contributed by atoms with Crippen LogP contribution in [0.4, 0.5) is 0 Å². The standard InChI is InChI=1S/C24H32ClN3O4/c1-15(2)12-13-26-19(29)14-27-21(16-8-10-17(25)11-9-16)20-22(32-27)24(31)28(23(20)30)18-6-4-3-5-7-18/h8-11,15,18,20-22H,3-7,12-14H2,1-2H3,(H,26,29). The second-order valence-electron chi connectivity index (χ2n) is 9.49. The Kier molecular flexibility index (Phi) is 7.17. The molecule has 0 spiro atoms. The maximum absolute atomic E-state index is 13.5. The van der Waals surface area contributed by atoms with Crippen LogP contribution in [0.3, 0.4) is 0 Å². The molecule has 4 rings (SSSR count). The first kappa shape index (κ1) is 23.2. The zero-order valence-corrected chi connectivity index (χ0v) is 19.5. The molecule has 1 aliphatic carbocycles. The molecule has 1 aromatic carbocycles. The summed E-state index contributed by atoms with van der Waals surface area (Å²) in [6.07, 6.45) is 4.90. The van der Waals surface area contributed by atoms with E-state index >= 15 is 0 Å². The van der Waals surface area contributed by atoms with Crippen molar-refractivity contribution in [3.8, 4) is 0 Å². The fourth-order valence-electron chi connectivity index (χ4n) is 5.06. The van der Waals surface area contributed by atoms with Gasteiger partial charge in [-0.3, -0.25) is 24.1 Å². The van der Waals surface area contributed by atoms with E-state index in [1.165, 1.54) is 9.96 Å². The van der Waals surface area contributed by atoms with E-state index in [1.807, 2.05) is 12.1 Å². The van der Waals surface area contributed by atoms with Crippen molar-refractivity contribution in [2.45, 2.75) is 70.6 Å². The number of carbonyl (C=O) groups is 3. The maximum Gasteiger partial charge on any atom is 0.261 e. The minimum atomic E-state index is -0.881. The van der Waals surface area contributed by atoms with Gasteiger partial charge in [-0.2, -0.15) is 5.06 Å². The molecule has 3 unspecified atom stereocenters. The summed E-state index contributed by atoms with van der Waals surface area (Å²) in [5, 5.41) is 5.00. The lowest BCUT2D eigenvalue weighted by Crippen LogP contribution is -2.45. The number of rotatable bonds is 7. The third kappa shape index (κ3) is 4.70. The van der Waals surface area contributed by atoms with Crippen molar-refractivity contribution >= 4 is 29.3 Å². The van der Waals surface area contributed by atoms with Gasteiger partial charge in [0.25, 0.3) is 5.91 Å². The number of nitrogens with zero attached hydrogens (tertiary/aromatic N) is 2. The predicted octanol–water partition coefficient (Wildman–Crippen LogP) is 3.48. The summed E-state index contributed by atoms with van der Waals surface area (Å²) in [5.41, 5.74) is 0.809. The molecule has 1 N–H and O–H groups in total. The van der Waals surface area contributed by atoms with Gasteiger partial charge in [0.05, 0.1) is 12.0 Å². The Morgan fingerprint density at radius 1 is 1.12 bits per heavy atom. The lowest BCUT2D eigenvalue weighted by Gasteiger charge is -2.32. The smallest absolute Gasteiger partial charge is 0.261 e. The number of likely N-dealkylation sites (tertiary alicyclic amines) is 1. The van der Waals surface area contributed by atoms with Gasteiger partial charge in [-0.15, -0.1) is 0 Å². The molecule has 1 aromatic rings. The van der Waals surface area contributed by atoms with Gasteiger partial charge >= 0.3 is 0 Å². The van der Waals surface area contributed by atoms with Crippen LogP contribution in [0.25, 0.3) is 0 Å². The molecule has 1 saturated carbocycles. The number of amides is 3.